The van der Waals surface area contributed by atoms with Crippen LogP contribution in [0.2, 0.25) is 0 Å². The van der Waals surface area contributed by atoms with Crippen LogP contribution >= 0.6 is 0 Å². The van der Waals surface area contributed by atoms with Gasteiger partial charge in [-0.2, -0.15) is 19.2 Å². The fourth-order valence-electron chi connectivity index (χ4n) is 5.57. The summed E-state index contributed by atoms with van der Waals surface area (Å²) >= 11 is 0. The second-order valence-corrected chi connectivity index (χ2v) is 11.9. The molecule has 4 heterocycles. The molecule has 16 nitrogen and oxygen atoms in total. The van der Waals surface area contributed by atoms with Gasteiger partial charge in [0, 0.05) is 37.6 Å². The molecule has 0 bridgehead atoms. The molecule has 0 aliphatic heterocycles. The number of esters is 1. The summed E-state index contributed by atoms with van der Waals surface area (Å²) in [5.74, 6) is 0.407. The van der Waals surface area contributed by atoms with Crippen LogP contribution in [0.15, 0.2) is 60.9 Å². The molecule has 0 aliphatic carbocycles. The monoisotopic (exact) mass is 739 g/mol. The maximum absolute atomic E-state index is 12.5. The Bertz CT molecular complexity index is 2240. The number of anilines is 6. The van der Waals surface area contributed by atoms with Gasteiger partial charge in [-0.1, -0.05) is 27.0 Å². The van der Waals surface area contributed by atoms with Gasteiger partial charge >= 0.3 is 11.9 Å². The number of carboxylic acids is 1. The molecule has 54 heavy (non-hydrogen) atoms. The molecule has 6 N–H and O–H groups in total. The molecule has 6 aromatic rings. The van der Waals surface area contributed by atoms with E-state index in [1.54, 1.807) is 33.2 Å². The minimum absolute atomic E-state index is 0. The summed E-state index contributed by atoms with van der Waals surface area (Å²) in [4.78, 5) is 44.3. The standard InChI is InChI=1S/C20H24N6O3.C16H17N5O2.2CH4/c1-5-29-18(27)11-22-20(28)15-10-23-26-17(21-4)9-16(25-19(15)26)24-14-7-12(2)6-13(3)8-14;1-9-4-10(2)6-11(5-9)19-13-7-14(17-3)21-15(20-13)12(8-18-21)16(22)23;;/h6-10,21H,5,11H2,1-4H3,(H,22,28)(H,24,25);4-8,17H,1-3H3,(H,19,20)(H,22,23);2*1H4. The van der Waals surface area contributed by atoms with Crippen LogP contribution in [0.25, 0.3) is 11.3 Å². The summed E-state index contributed by atoms with van der Waals surface area (Å²) in [5, 5.41) is 32.6. The van der Waals surface area contributed by atoms with Crippen molar-refractivity contribution in [1.29, 1.82) is 0 Å². The molecule has 1 amide bonds. The predicted octanol–water partition coefficient (Wildman–Crippen LogP) is 6.53. The lowest BCUT2D eigenvalue weighted by atomic mass is 10.1. The molecule has 0 radical (unpaired) electrons. The SMILES string of the molecule is C.C.CCOC(=O)CNC(=O)c1cnn2c(NC)cc(Nc3cc(C)cc(C)c3)nc12.CNc1cc(Nc2cc(C)cc(C)c2)nc2c(C(=O)O)cnn12. The fraction of sp³-hybridized carbons (Fsp3) is 0.289. The number of hydrogen-bond acceptors (Lipinski definition) is 12. The average molecular weight is 740 g/mol. The van der Waals surface area contributed by atoms with E-state index in [4.69, 9.17) is 4.74 Å². The number of aromatic nitrogens is 6. The van der Waals surface area contributed by atoms with E-state index in [0.717, 1.165) is 33.6 Å². The first-order chi connectivity index (χ1) is 24.9. The lowest BCUT2D eigenvalue weighted by Gasteiger charge is -2.11. The summed E-state index contributed by atoms with van der Waals surface area (Å²) in [6.07, 6.45) is 2.72. The topological polar surface area (TPSA) is 201 Å². The zero-order valence-electron chi connectivity index (χ0n) is 30.0. The Morgan fingerprint density at radius 1 is 0.685 bits per heavy atom. The third kappa shape index (κ3) is 9.78. The molecule has 0 saturated heterocycles. The first-order valence-electron chi connectivity index (χ1n) is 16.4. The van der Waals surface area contributed by atoms with Crippen LogP contribution in [0.3, 0.4) is 0 Å². The van der Waals surface area contributed by atoms with Crippen molar-refractivity contribution in [3.05, 3.63) is 94.3 Å². The van der Waals surface area contributed by atoms with Gasteiger partial charge in [0.25, 0.3) is 5.91 Å². The normalized spacial score (nSPS) is 10.3. The van der Waals surface area contributed by atoms with Gasteiger partial charge in [0.1, 0.15) is 40.9 Å². The van der Waals surface area contributed by atoms with Crippen molar-refractivity contribution < 1.29 is 24.2 Å². The summed E-state index contributed by atoms with van der Waals surface area (Å²) in [5.41, 5.74) is 7.31. The maximum atomic E-state index is 12.5. The molecule has 2 aromatic carbocycles. The highest BCUT2D eigenvalue weighted by molar-refractivity contribution is 6.01. The van der Waals surface area contributed by atoms with E-state index in [9.17, 15) is 19.5 Å². The van der Waals surface area contributed by atoms with E-state index < -0.39 is 17.8 Å². The molecule has 4 aromatic heterocycles. The second kappa shape index (κ2) is 18.2. The van der Waals surface area contributed by atoms with Crippen molar-refractivity contribution in [2.45, 2.75) is 49.5 Å². The number of carboxylic acid groups (broad SMARTS) is 1. The number of nitrogens with one attached hydrogen (secondary N) is 5. The molecule has 0 fully saturated rings. The largest absolute Gasteiger partial charge is 0.477 e. The Balaban J connectivity index is 0.000000287. The minimum atomic E-state index is -1.06. The number of benzene rings is 2. The van der Waals surface area contributed by atoms with Crippen LogP contribution in [-0.4, -0.2) is 79.4 Å². The van der Waals surface area contributed by atoms with Crippen molar-refractivity contribution in [3.8, 4) is 0 Å². The van der Waals surface area contributed by atoms with Crippen LogP contribution < -0.4 is 26.6 Å². The van der Waals surface area contributed by atoms with Gasteiger partial charge in [0.2, 0.25) is 0 Å². The van der Waals surface area contributed by atoms with Crippen molar-refractivity contribution in [2.75, 3.05) is 48.5 Å². The predicted molar refractivity (Wildman–Crippen MR) is 213 cm³/mol. The van der Waals surface area contributed by atoms with E-state index in [0.29, 0.717) is 28.9 Å². The maximum Gasteiger partial charge on any atom is 0.341 e. The van der Waals surface area contributed by atoms with Crippen molar-refractivity contribution in [2.24, 2.45) is 0 Å². The van der Waals surface area contributed by atoms with Crippen LogP contribution in [0.5, 0.6) is 0 Å². The smallest absolute Gasteiger partial charge is 0.341 e. The van der Waals surface area contributed by atoms with Crippen LogP contribution in [0, 0.1) is 27.7 Å². The van der Waals surface area contributed by atoms with Crippen molar-refractivity contribution >= 4 is 63.8 Å². The highest BCUT2D eigenvalue weighted by Gasteiger charge is 2.19. The zero-order chi connectivity index (χ0) is 37.5. The number of aryl methyl sites for hydroxylation is 4. The van der Waals surface area contributed by atoms with Crippen LogP contribution in [0.1, 0.15) is 64.7 Å². The van der Waals surface area contributed by atoms with Gasteiger partial charge in [0.15, 0.2) is 11.3 Å². The molecule has 16 heteroatoms. The van der Waals surface area contributed by atoms with Gasteiger partial charge in [-0.3, -0.25) is 9.59 Å². The Morgan fingerprint density at radius 2 is 1.11 bits per heavy atom. The van der Waals surface area contributed by atoms with E-state index in [1.165, 1.54) is 21.4 Å². The van der Waals surface area contributed by atoms with Gasteiger partial charge in [-0.05, 0) is 81.1 Å². The molecular formula is C38H49N11O5. The van der Waals surface area contributed by atoms with Crippen molar-refractivity contribution in [1.82, 2.24) is 34.5 Å². The third-order valence-corrected chi connectivity index (χ3v) is 7.62. The van der Waals surface area contributed by atoms with E-state index >= 15 is 0 Å². The Kier molecular flexibility index (Phi) is 14.0. The second-order valence-electron chi connectivity index (χ2n) is 11.9. The molecular weight excluding hydrogens is 690 g/mol. The minimum Gasteiger partial charge on any atom is -0.477 e. The van der Waals surface area contributed by atoms with E-state index in [-0.39, 0.29) is 44.8 Å². The molecule has 0 aliphatic rings. The molecule has 286 valence electrons. The number of ether oxygens (including phenoxy) is 1. The summed E-state index contributed by atoms with van der Waals surface area (Å²) in [6.45, 7) is 9.84. The molecule has 0 unspecified atom stereocenters. The number of aromatic carboxylic acids is 1. The van der Waals surface area contributed by atoms with E-state index in [1.807, 2.05) is 52.0 Å². The van der Waals surface area contributed by atoms with Crippen LogP contribution in [-0.2, 0) is 9.53 Å². The molecule has 0 atom stereocenters. The summed E-state index contributed by atoms with van der Waals surface area (Å²) in [7, 11) is 3.51. The highest BCUT2D eigenvalue weighted by atomic mass is 16.5. The molecule has 6 rings (SSSR count). The van der Waals surface area contributed by atoms with Crippen molar-refractivity contribution in [3.63, 3.8) is 0 Å². The summed E-state index contributed by atoms with van der Waals surface area (Å²) in [6, 6.07) is 15.8. The number of amides is 1. The Morgan fingerprint density at radius 3 is 1.52 bits per heavy atom. The van der Waals surface area contributed by atoms with Crippen LogP contribution in [0.4, 0.5) is 34.6 Å². The first-order valence-corrected chi connectivity index (χ1v) is 16.4. The number of fused-ring (bicyclic) bond motifs is 2. The zero-order valence-corrected chi connectivity index (χ0v) is 30.0. The van der Waals surface area contributed by atoms with Gasteiger partial charge in [-0.15, -0.1) is 0 Å². The molecule has 0 saturated carbocycles. The fourth-order valence-corrected chi connectivity index (χ4v) is 5.57. The van der Waals surface area contributed by atoms with Gasteiger partial charge in [0.05, 0.1) is 19.0 Å². The molecule has 0 spiro atoms. The number of carbonyl (C=O) groups excluding carboxylic acids is 2. The number of nitrogens with zero attached hydrogens (tertiary/aromatic N) is 6. The number of carbonyl (C=O) groups is 3. The Labute approximate surface area is 314 Å². The lowest BCUT2D eigenvalue weighted by Crippen LogP contribution is -2.30. The third-order valence-electron chi connectivity index (χ3n) is 7.62. The highest BCUT2D eigenvalue weighted by Crippen LogP contribution is 2.25. The number of hydrogen-bond donors (Lipinski definition) is 6. The quantitative estimate of drug-likeness (QED) is 0.0785. The van der Waals surface area contributed by atoms with Gasteiger partial charge in [-0.25, -0.2) is 14.8 Å². The lowest BCUT2D eigenvalue weighted by molar-refractivity contribution is -0.141. The first kappa shape index (κ1) is 41.7. The van der Waals surface area contributed by atoms with Gasteiger partial charge < -0.3 is 36.4 Å². The van der Waals surface area contributed by atoms with E-state index in [2.05, 4.69) is 58.9 Å². The average Bonchev–Trinajstić information content (AvgIpc) is 3.71. The number of rotatable bonds is 11. The summed E-state index contributed by atoms with van der Waals surface area (Å²) < 4.78 is 7.83. The Hall–Kier alpha value is -6.71.